The fourth-order valence-corrected chi connectivity index (χ4v) is 2.20. The molecule has 2 aromatic carbocycles. The van der Waals surface area contributed by atoms with Crippen molar-refractivity contribution in [3.63, 3.8) is 0 Å². The third-order valence-corrected chi connectivity index (χ3v) is 3.33. The Balaban J connectivity index is 1.93. The van der Waals surface area contributed by atoms with Gasteiger partial charge in [0.05, 0.1) is 16.7 Å². The van der Waals surface area contributed by atoms with Gasteiger partial charge in [-0.1, -0.05) is 29.8 Å². The molecule has 1 heterocycles. The molecule has 0 amide bonds. The molecule has 0 aliphatic carbocycles. The van der Waals surface area contributed by atoms with Crippen molar-refractivity contribution in [2.24, 2.45) is 5.73 Å². The molecule has 0 atom stereocenters. The number of ether oxygens (including phenoxy) is 1. The van der Waals surface area contributed by atoms with Crippen LogP contribution in [0.15, 0.2) is 54.7 Å². The number of nitrogens with two attached hydrogens (primary N) is 1. The van der Waals surface area contributed by atoms with Crippen molar-refractivity contribution >= 4 is 28.3 Å². The minimum Gasteiger partial charge on any atom is -0.454 e. The van der Waals surface area contributed by atoms with Crippen LogP contribution in [0.3, 0.4) is 0 Å². The maximum Gasteiger partial charge on any atom is 0.146 e. The minimum absolute atomic E-state index is 0.0316. The van der Waals surface area contributed by atoms with Crippen molar-refractivity contribution < 1.29 is 4.74 Å². The van der Waals surface area contributed by atoms with Gasteiger partial charge in [0.25, 0.3) is 0 Å². The summed E-state index contributed by atoms with van der Waals surface area (Å²) in [7, 11) is 0. The molecule has 3 N–H and O–H groups in total. The molecule has 0 unspecified atom stereocenters. The molecule has 4 nitrogen and oxygen atoms in total. The molecule has 5 heteroatoms. The Labute approximate surface area is 126 Å². The van der Waals surface area contributed by atoms with Crippen molar-refractivity contribution in [1.82, 2.24) is 4.98 Å². The zero-order chi connectivity index (χ0) is 14.8. The summed E-state index contributed by atoms with van der Waals surface area (Å²) in [5.74, 6) is 1.07. The lowest BCUT2D eigenvalue weighted by Crippen LogP contribution is -2.10. The lowest BCUT2D eigenvalue weighted by Gasteiger charge is -2.09. The number of benzene rings is 2. The normalized spacial score (nSPS) is 10.5. The van der Waals surface area contributed by atoms with Crippen molar-refractivity contribution in [2.45, 2.75) is 0 Å². The number of amidine groups is 1. The van der Waals surface area contributed by atoms with E-state index in [0.29, 0.717) is 22.1 Å². The van der Waals surface area contributed by atoms with Crippen LogP contribution in [0, 0.1) is 5.41 Å². The maximum absolute atomic E-state index is 7.38. The van der Waals surface area contributed by atoms with Crippen molar-refractivity contribution in [3.8, 4) is 11.5 Å². The molecule has 0 aliphatic rings. The van der Waals surface area contributed by atoms with Gasteiger partial charge in [-0.2, -0.15) is 0 Å². The van der Waals surface area contributed by atoms with E-state index in [9.17, 15) is 0 Å². The van der Waals surface area contributed by atoms with Gasteiger partial charge in [-0.25, -0.2) is 0 Å². The summed E-state index contributed by atoms with van der Waals surface area (Å²) >= 11 is 6.14. The van der Waals surface area contributed by atoms with E-state index < -0.39 is 0 Å². The van der Waals surface area contributed by atoms with Crippen LogP contribution in [0.2, 0.25) is 5.02 Å². The number of aromatic nitrogens is 1. The molecule has 21 heavy (non-hydrogen) atoms. The first-order valence-electron chi connectivity index (χ1n) is 6.30. The van der Waals surface area contributed by atoms with Gasteiger partial charge < -0.3 is 10.5 Å². The van der Waals surface area contributed by atoms with Crippen molar-refractivity contribution in [2.75, 3.05) is 0 Å². The van der Waals surface area contributed by atoms with Crippen LogP contribution in [-0.4, -0.2) is 10.8 Å². The van der Waals surface area contributed by atoms with E-state index in [1.165, 1.54) is 0 Å². The minimum atomic E-state index is -0.0316. The zero-order valence-corrected chi connectivity index (χ0v) is 11.8. The van der Waals surface area contributed by atoms with E-state index in [1.807, 2.05) is 30.3 Å². The lowest BCUT2D eigenvalue weighted by molar-refractivity contribution is 0.481. The molecule has 1 aromatic heterocycles. The van der Waals surface area contributed by atoms with Crippen LogP contribution >= 0.6 is 11.6 Å². The number of pyridine rings is 1. The Kier molecular flexibility index (Phi) is 3.46. The van der Waals surface area contributed by atoms with Crippen molar-refractivity contribution in [1.29, 1.82) is 5.41 Å². The first-order valence-corrected chi connectivity index (χ1v) is 6.68. The summed E-state index contributed by atoms with van der Waals surface area (Å²) < 4.78 is 5.75. The third kappa shape index (κ3) is 2.80. The molecular weight excluding hydrogens is 286 g/mol. The molecule has 0 bridgehead atoms. The lowest BCUT2D eigenvalue weighted by atomic mass is 10.2. The molecule has 0 saturated heterocycles. The van der Waals surface area contributed by atoms with Gasteiger partial charge in [-0.15, -0.1) is 0 Å². The van der Waals surface area contributed by atoms with E-state index >= 15 is 0 Å². The monoisotopic (exact) mass is 297 g/mol. The number of hydrogen-bond donors (Lipinski definition) is 2. The number of nitrogens with one attached hydrogen (secondary N) is 1. The Hall–Kier alpha value is -2.59. The molecule has 0 fully saturated rings. The van der Waals surface area contributed by atoms with Gasteiger partial charge in [0.2, 0.25) is 0 Å². The number of nitrogens with zero attached hydrogens (tertiary/aromatic N) is 1. The molecule has 104 valence electrons. The summed E-state index contributed by atoms with van der Waals surface area (Å²) in [6.45, 7) is 0. The van der Waals surface area contributed by atoms with E-state index in [1.54, 1.807) is 24.4 Å². The number of fused-ring (bicyclic) bond motifs is 1. The van der Waals surface area contributed by atoms with Crippen LogP contribution in [0.5, 0.6) is 11.5 Å². The standard InChI is InChI=1S/C16H12ClN3O/c17-13-8-11(16(18)19)5-6-15(13)21-12-7-10-3-1-2-4-14(10)20-9-12/h1-9H,(H3,18,19). The Morgan fingerprint density at radius 1 is 1.14 bits per heavy atom. The van der Waals surface area contributed by atoms with Crippen LogP contribution in [-0.2, 0) is 0 Å². The van der Waals surface area contributed by atoms with Crippen molar-refractivity contribution in [3.05, 3.63) is 65.3 Å². The predicted octanol–water partition coefficient (Wildman–Crippen LogP) is 3.96. The largest absolute Gasteiger partial charge is 0.454 e. The first kappa shape index (κ1) is 13.4. The van der Waals surface area contributed by atoms with Gasteiger partial charge in [-0.3, -0.25) is 10.4 Å². The number of halogens is 1. The summed E-state index contributed by atoms with van der Waals surface area (Å²) in [6, 6.07) is 14.7. The first-order chi connectivity index (χ1) is 10.1. The zero-order valence-electron chi connectivity index (χ0n) is 11.0. The highest BCUT2D eigenvalue weighted by Crippen LogP contribution is 2.30. The average Bonchev–Trinajstić information content (AvgIpc) is 2.49. The van der Waals surface area contributed by atoms with Crippen LogP contribution in [0.4, 0.5) is 0 Å². The quantitative estimate of drug-likeness (QED) is 0.567. The highest BCUT2D eigenvalue weighted by molar-refractivity contribution is 6.32. The smallest absolute Gasteiger partial charge is 0.146 e. The molecule has 0 saturated carbocycles. The van der Waals surface area contributed by atoms with Gasteiger partial charge in [0.1, 0.15) is 17.3 Å². The molecule has 0 spiro atoms. The second-order valence-electron chi connectivity index (χ2n) is 4.52. The third-order valence-electron chi connectivity index (χ3n) is 3.04. The fraction of sp³-hybridized carbons (Fsp3) is 0. The summed E-state index contributed by atoms with van der Waals surface area (Å²) in [6.07, 6.45) is 1.65. The maximum atomic E-state index is 7.38. The van der Waals surface area contributed by atoms with E-state index in [4.69, 9.17) is 27.5 Å². The Morgan fingerprint density at radius 3 is 2.71 bits per heavy atom. The topological polar surface area (TPSA) is 72.0 Å². The average molecular weight is 298 g/mol. The Bertz CT molecular complexity index is 833. The number of hydrogen-bond acceptors (Lipinski definition) is 3. The van der Waals surface area contributed by atoms with Gasteiger partial charge in [-0.05, 0) is 30.3 Å². The molecule has 3 aromatic rings. The van der Waals surface area contributed by atoms with E-state index in [0.717, 1.165) is 10.9 Å². The second-order valence-corrected chi connectivity index (χ2v) is 4.93. The summed E-state index contributed by atoms with van der Waals surface area (Å²) in [4.78, 5) is 4.33. The van der Waals surface area contributed by atoms with Crippen LogP contribution in [0.1, 0.15) is 5.56 Å². The van der Waals surface area contributed by atoms with Gasteiger partial charge >= 0.3 is 0 Å². The number of nitrogen functional groups attached to an aromatic ring is 1. The van der Waals surface area contributed by atoms with E-state index in [-0.39, 0.29) is 5.84 Å². The van der Waals surface area contributed by atoms with Crippen LogP contribution < -0.4 is 10.5 Å². The van der Waals surface area contributed by atoms with Gasteiger partial charge in [0.15, 0.2) is 0 Å². The highest BCUT2D eigenvalue weighted by Gasteiger charge is 2.07. The highest BCUT2D eigenvalue weighted by atomic mass is 35.5. The number of rotatable bonds is 3. The summed E-state index contributed by atoms with van der Waals surface area (Å²) in [5.41, 5.74) is 6.89. The number of para-hydroxylation sites is 1. The second kappa shape index (κ2) is 5.42. The fourth-order valence-electron chi connectivity index (χ4n) is 1.98. The Morgan fingerprint density at radius 2 is 1.95 bits per heavy atom. The molecule has 3 rings (SSSR count). The molecule has 0 aliphatic heterocycles. The van der Waals surface area contributed by atoms with Crippen LogP contribution in [0.25, 0.3) is 10.9 Å². The van der Waals surface area contributed by atoms with Gasteiger partial charge in [0, 0.05) is 10.9 Å². The molecular formula is C16H12ClN3O. The SMILES string of the molecule is N=C(N)c1ccc(Oc2cnc3ccccc3c2)c(Cl)c1. The van der Waals surface area contributed by atoms with E-state index in [2.05, 4.69) is 4.98 Å². The molecule has 0 radical (unpaired) electrons. The summed E-state index contributed by atoms with van der Waals surface area (Å²) in [5, 5.41) is 8.77. The predicted molar refractivity (Wildman–Crippen MR) is 84.3 cm³/mol.